The summed E-state index contributed by atoms with van der Waals surface area (Å²) in [5.41, 5.74) is 0.475. The van der Waals surface area contributed by atoms with Crippen molar-refractivity contribution in [2.45, 2.75) is 18.1 Å². The lowest BCUT2D eigenvalue weighted by Gasteiger charge is -2.17. The van der Waals surface area contributed by atoms with Crippen LogP contribution in [0.5, 0.6) is 0 Å². The molecule has 0 aromatic heterocycles. The van der Waals surface area contributed by atoms with Crippen LogP contribution in [0.3, 0.4) is 0 Å². The summed E-state index contributed by atoms with van der Waals surface area (Å²) < 4.78 is 14.8. The molecule has 9 heteroatoms. The van der Waals surface area contributed by atoms with E-state index in [1.54, 1.807) is 0 Å². The summed E-state index contributed by atoms with van der Waals surface area (Å²) in [6.45, 7) is -0.0409. The number of hydrogen-bond acceptors (Lipinski definition) is 7. The van der Waals surface area contributed by atoms with Gasteiger partial charge >= 0.3 is 11.9 Å². The van der Waals surface area contributed by atoms with Crippen molar-refractivity contribution in [3.63, 3.8) is 0 Å². The van der Waals surface area contributed by atoms with Crippen LogP contribution in [0.1, 0.15) is 12.0 Å². The number of carbonyl (C=O) groups excluding carboxylic acids is 2. The van der Waals surface area contributed by atoms with E-state index in [0.717, 1.165) is 0 Å². The zero-order valence-corrected chi connectivity index (χ0v) is 12.9. The Kier molecular flexibility index (Phi) is 5.17. The van der Waals surface area contributed by atoms with Crippen molar-refractivity contribution in [3.05, 3.63) is 39.9 Å². The molecule has 0 spiro atoms. The number of hydrogen-bond donors (Lipinski definition) is 0. The summed E-state index contributed by atoms with van der Waals surface area (Å²) in [6, 6.07) is 5.51. The maximum atomic E-state index is 12.0. The van der Waals surface area contributed by atoms with E-state index in [4.69, 9.17) is 25.8 Å². The molecule has 1 saturated heterocycles. The second-order valence-electron chi connectivity index (χ2n) is 5.01. The van der Waals surface area contributed by atoms with Crippen LogP contribution >= 0.6 is 11.6 Å². The predicted octanol–water partition coefficient (Wildman–Crippen LogP) is 1.78. The molecule has 1 aromatic rings. The summed E-state index contributed by atoms with van der Waals surface area (Å²) >= 11 is 6.02. The van der Waals surface area contributed by atoms with E-state index in [9.17, 15) is 19.7 Å². The molecule has 23 heavy (non-hydrogen) atoms. The molecule has 2 rings (SSSR count). The number of benzene rings is 1. The van der Waals surface area contributed by atoms with Gasteiger partial charge in [0.25, 0.3) is 10.7 Å². The largest absolute Gasteiger partial charge is 0.457 e. The third-order valence-corrected chi connectivity index (χ3v) is 3.68. The quantitative estimate of drug-likeness (QED) is 0.335. The van der Waals surface area contributed by atoms with Crippen LogP contribution < -0.4 is 0 Å². The molecule has 0 saturated carbocycles. The van der Waals surface area contributed by atoms with Crippen LogP contribution in [0.4, 0.5) is 5.69 Å². The highest BCUT2D eigenvalue weighted by Crippen LogP contribution is 2.36. The Morgan fingerprint density at radius 1 is 1.48 bits per heavy atom. The number of alkyl halides is 1. The minimum Gasteiger partial charge on any atom is -0.457 e. The highest BCUT2D eigenvalue weighted by molar-refractivity contribution is 6.34. The minimum atomic E-state index is -1.86. The van der Waals surface area contributed by atoms with E-state index in [-0.39, 0.29) is 25.3 Å². The number of rotatable bonds is 6. The smallest absolute Gasteiger partial charge is 0.367 e. The lowest BCUT2D eigenvalue weighted by molar-refractivity contribution is -0.384. The average molecular weight is 344 g/mol. The molecular formula is C14H14ClNO7. The van der Waals surface area contributed by atoms with Gasteiger partial charge in [-0.1, -0.05) is 11.6 Å². The van der Waals surface area contributed by atoms with Crippen LogP contribution in [0, 0.1) is 16.0 Å². The van der Waals surface area contributed by atoms with Crippen molar-refractivity contribution in [1.29, 1.82) is 0 Å². The summed E-state index contributed by atoms with van der Waals surface area (Å²) in [4.78, 5) is 33.7. The zero-order chi connectivity index (χ0) is 17.0. The van der Waals surface area contributed by atoms with Gasteiger partial charge in [-0.05, 0) is 17.7 Å². The van der Waals surface area contributed by atoms with Gasteiger partial charge in [0, 0.05) is 25.7 Å². The van der Waals surface area contributed by atoms with Crippen molar-refractivity contribution in [3.8, 4) is 0 Å². The van der Waals surface area contributed by atoms with Crippen molar-refractivity contribution in [1.82, 2.24) is 0 Å². The molecule has 1 fully saturated rings. The van der Waals surface area contributed by atoms with Crippen molar-refractivity contribution in [2.24, 2.45) is 5.92 Å². The topological polar surface area (TPSA) is 105 Å². The maximum Gasteiger partial charge on any atom is 0.367 e. The average Bonchev–Trinajstić information content (AvgIpc) is 2.81. The monoisotopic (exact) mass is 343 g/mol. The van der Waals surface area contributed by atoms with Gasteiger partial charge in [-0.25, -0.2) is 4.79 Å². The molecule has 1 heterocycles. The molecule has 2 atom stereocenters. The van der Waals surface area contributed by atoms with Gasteiger partial charge in [0.15, 0.2) is 0 Å². The number of nitro benzene ring substituents is 1. The molecular weight excluding hydrogens is 330 g/mol. The second-order valence-corrected chi connectivity index (χ2v) is 5.62. The van der Waals surface area contributed by atoms with Gasteiger partial charge in [-0.15, -0.1) is 0 Å². The Hall–Kier alpha value is -2.19. The normalized spacial score (nSPS) is 23.4. The van der Waals surface area contributed by atoms with E-state index in [1.807, 2.05) is 0 Å². The van der Waals surface area contributed by atoms with Gasteiger partial charge in [0.2, 0.25) is 0 Å². The molecule has 1 aromatic carbocycles. The Morgan fingerprint density at radius 3 is 2.70 bits per heavy atom. The number of methoxy groups -OCH3 is 1. The lowest BCUT2D eigenvalue weighted by Crippen LogP contribution is -2.34. The molecule has 0 aliphatic carbocycles. The highest BCUT2D eigenvalue weighted by Gasteiger charge is 2.52. The zero-order valence-electron chi connectivity index (χ0n) is 12.2. The number of ether oxygens (including phenoxy) is 3. The van der Waals surface area contributed by atoms with Crippen LogP contribution in [-0.2, 0) is 30.4 Å². The van der Waals surface area contributed by atoms with E-state index >= 15 is 0 Å². The van der Waals surface area contributed by atoms with E-state index in [2.05, 4.69) is 0 Å². The summed E-state index contributed by atoms with van der Waals surface area (Å²) in [7, 11) is 1.43. The van der Waals surface area contributed by atoms with E-state index < -0.39 is 27.8 Å². The van der Waals surface area contributed by atoms with Gasteiger partial charge in [-0.2, -0.15) is 0 Å². The molecule has 0 amide bonds. The number of halogens is 1. The molecule has 0 N–H and O–H groups in total. The minimum absolute atomic E-state index is 0.0413. The summed E-state index contributed by atoms with van der Waals surface area (Å²) in [6.07, 6.45) is -0.0413. The number of non-ortho nitro benzene ring substituents is 1. The third-order valence-electron chi connectivity index (χ3n) is 3.29. The third kappa shape index (κ3) is 3.96. The molecule has 0 radical (unpaired) electrons. The van der Waals surface area contributed by atoms with Gasteiger partial charge in [0.05, 0.1) is 17.4 Å². The molecule has 2 unspecified atom stereocenters. The maximum absolute atomic E-state index is 12.0. The van der Waals surface area contributed by atoms with Crippen LogP contribution in [0.2, 0.25) is 0 Å². The Morgan fingerprint density at radius 2 is 2.13 bits per heavy atom. The molecule has 124 valence electrons. The predicted molar refractivity (Wildman–Crippen MR) is 77.6 cm³/mol. The van der Waals surface area contributed by atoms with Gasteiger partial charge < -0.3 is 14.2 Å². The fraction of sp³-hybridized carbons (Fsp3) is 0.429. The fourth-order valence-corrected chi connectivity index (χ4v) is 2.43. The number of esters is 2. The lowest BCUT2D eigenvalue weighted by atomic mass is 10.1. The summed E-state index contributed by atoms with van der Waals surface area (Å²) in [5, 5.41) is 8.69. The van der Waals surface area contributed by atoms with E-state index in [1.165, 1.54) is 31.4 Å². The first-order valence-electron chi connectivity index (χ1n) is 6.67. The molecule has 0 bridgehead atoms. The Bertz CT molecular complexity index is 618. The van der Waals surface area contributed by atoms with Crippen LogP contribution in [0.25, 0.3) is 0 Å². The first-order valence-corrected chi connectivity index (χ1v) is 7.05. The van der Waals surface area contributed by atoms with E-state index in [0.29, 0.717) is 5.56 Å². The number of nitro groups is 1. The van der Waals surface area contributed by atoms with Crippen molar-refractivity contribution >= 4 is 29.2 Å². The first kappa shape index (κ1) is 17.2. The van der Waals surface area contributed by atoms with Crippen LogP contribution in [0.15, 0.2) is 24.3 Å². The second kappa shape index (κ2) is 6.93. The van der Waals surface area contributed by atoms with Gasteiger partial charge in [-0.3, -0.25) is 14.9 Å². The number of nitrogens with zero attached hydrogens (tertiary/aromatic N) is 1. The molecule has 8 nitrogen and oxygen atoms in total. The molecule has 1 aliphatic rings. The number of carbonyl (C=O) groups is 2. The van der Waals surface area contributed by atoms with Gasteiger partial charge in [0.1, 0.15) is 6.61 Å². The standard InChI is InChI=1S/C14H14ClNO7/c1-21-8-10-6-14(15,23-12(10)17)13(18)22-7-9-2-4-11(5-3-9)16(19)20/h2-5,10H,6-8H2,1H3. The van der Waals surface area contributed by atoms with Crippen molar-refractivity contribution in [2.75, 3.05) is 13.7 Å². The van der Waals surface area contributed by atoms with Crippen LogP contribution in [-0.4, -0.2) is 35.6 Å². The fourth-order valence-electron chi connectivity index (χ4n) is 2.11. The first-order chi connectivity index (χ1) is 10.9. The summed E-state index contributed by atoms with van der Waals surface area (Å²) in [5.74, 6) is -2.12. The van der Waals surface area contributed by atoms with Crippen molar-refractivity contribution < 1.29 is 28.7 Å². The molecule has 1 aliphatic heterocycles. The SMILES string of the molecule is COCC1CC(Cl)(C(=O)OCc2ccc([N+](=O)[O-])cc2)OC1=O. The Labute approximate surface area is 136 Å². The Balaban J connectivity index is 1.94. The highest BCUT2D eigenvalue weighted by atomic mass is 35.5. The number of cyclic esters (lactones) is 1.